The van der Waals surface area contributed by atoms with Gasteiger partial charge in [0, 0.05) is 23.9 Å². The molecule has 0 bridgehead atoms. The summed E-state index contributed by atoms with van der Waals surface area (Å²) in [7, 11) is 0. The molecule has 2 heteroatoms. The third-order valence-corrected chi connectivity index (χ3v) is 3.52. The molecule has 1 aromatic heterocycles. The molecule has 0 aliphatic rings. The molecule has 19 heavy (non-hydrogen) atoms. The van der Waals surface area contributed by atoms with Crippen molar-refractivity contribution in [2.45, 2.75) is 33.6 Å². The van der Waals surface area contributed by atoms with Gasteiger partial charge in [-0.2, -0.15) is 0 Å². The Morgan fingerprint density at radius 3 is 2.11 bits per heavy atom. The second kappa shape index (κ2) is 5.35. The van der Waals surface area contributed by atoms with Gasteiger partial charge in [-0.25, -0.2) is 0 Å². The van der Waals surface area contributed by atoms with Crippen molar-refractivity contribution in [3.05, 3.63) is 64.5 Å². The van der Waals surface area contributed by atoms with Gasteiger partial charge < -0.3 is 0 Å². The zero-order chi connectivity index (χ0) is 14.0. The van der Waals surface area contributed by atoms with Crippen LogP contribution in [-0.4, -0.2) is 10.8 Å². The molecule has 0 saturated heterocycles. The summed E-state index contributed by atoms with van der Waals surface area (Å²) in [5.74, 6) is 0.0457. The van der Waals surface area contributed by atoms with Crippen LogP contribution in [0.3, 0.4) is 0 Å². The monoisotopic (exact) mass is 253 g/mol. The quantitative estimate of drug-likeness (QED) is 0.774. The maximum absolute atomic E-state index is 12.7. The summed E-state index contributed by atoms with van der Waals surface area (Å²) < 4.78 is 0. The van der Waals surface area contributed by atoms with Crippen molar-refractivity contribution >= 4 is 5.78 Å². The molecule has 98 valence electrons. The van der Waals surface area contributed by atoms with Crippen molar-refractivity contribution in [3.63, 3.8) is 0 Å². The number of Topliss-reactive ketones (excluding diaryl/α,β-unsaturated/α-hetero) is 1. The van der Waals surface area contributed by atoms with Crippen molar-refractivity contribution in [3.8, 4) is 0 Å². The van der Waals surface area contributed by atoms with Crippen molar-refractivity contribution in [1.29, 1.82) is 0 Å². The van der Waals surface area contributed by atoms with Crippen LogP contribution in [0.4, 0.5) is 0 Å². The summed E-state index contributed by atoms with van der Waals surface area (Å²) in [6.45, 7) is 8.02. The molecule has 2 rings (SSSR count). The van der Waals surface area contributed by atoms with Gasteiger partial charge >= 0.3 is 0 Å². The Morgan fingerprint density at radius 2 is 1.58 bits per heavy atom. The van der Waals surface area contributed by atoms with Crippen LogP contribution in [0, 0.1) is 20.8 Å². The van der Waals surface area contributed by atoms with Gasteiger partial charge in [0.2, 0.25) is 0 Å². The molecule has 0 N–H and O–H groups in total. The van der Waals surface area contributed by atoms with Crippen LogP contribution >= 0.6 is 0 Å². The first-order valence-electron chi connectivity index (χ1n) is 6.52. The van der Waals surface area contributed by atoms with Gasteiger partial charge in [0.15, 0.2) is 5.78 Å². The van der Waals surface area contributed by atoms with E-state index in [2.05, 4.69) is 24.0 Å². The molecular formula is C17H19NO. The third kappa shape index (κ3) is 2.73. The number of hydrogen-bond acceptors (Lipinski definition) is 2. The maximum Gasteiger partial charge on any atom is 0.170 e. The van der Waals surface area contributed by atoms with Crippen LogP contribution in [0.2, 0.25) is 0 Å². The van der Waals surface area contributed by atoms with E-state index in [1.54, 1.807) is 12.4 Å². The van der Waals surface area contributed by atoms with E-state index in [9.17, 15) is 4.79 Å². The average molecular weight is 253 g/mol. The van der Waals surface area contributed by atoms with Crippen LogP contribution in [0.5, 0.6) is 0 Å². The highest BCUT2D eigenvalue weighted by atomic mass is 16.1. The van der Waals surface area contributed by atoms with Crippen LogP contribution in [0.15, 0.2) is 36.7 Å². The smallest absolute Gasteiger partial charge is 0.170 e. The number of carbonyl (C=O) groups is 1. The molecule has 0 aliphatic carbocycles. The molecule has 1 aromatic carbocycles. The van der Waals surface area contributed by atoms with Gasteiger partial charge in [-0.3, -0.25) is 9.78 Å². The third-order valence-electron chi connectivity index (χ3n) is 3.52. The highest BCUT2D eigenvalue weighted by Gasteiger charge is 2.20. The van der Waals surface area contributed by atoms with E-state index in [0.717, 1.165) is 22.3 Å². The highest BCUT2D eigenvalue weighted by molar-refractivity contribution is 6.03. The Balaban J connectivity index is 2.40. The number of ketones is 1. The molecule has 1 atom stereocenters. The van der Waals surface area contributed by atoms with Crippen molar-refractivity contribution in [2.75, 3.05) is 0 Å². The second-order valence-corrected chi connectivity index (χ2v) is 5.14. The lowest BCUT2D eigenvalue weighted by Gasteiger charge is -2.15. The number of nitrogens with zero attached hydrogens (tertiary/aromatic N) is 1. The molecule has 0 fully saturated rings. The number of pyridine rings is 1. The van der Waals surface area contributed by atoms with E-state index in [-0.39, 0.29) is 11.7 Å². The summed E-state index contributed by atoms with van der Waals surface area (Å²) in [6, 6.07) is 7.95. The van der Waals surface area contributed by atoms with Gasteiger partial charge in [-0.15, -0.1) is 0 Å². The van der Waals surface area contributed by atoms with Crippen molar-refractivity contribution < 1.29 is 4.79 Å². The lowest BCUT2D eigenvalue weighted by molar-refractivity contribution is 0.0965. The average Bonchev–Trinajstić information content (AvgIpc) is 2.37. The van der Waals surface area contributed by atoms with Crippen molar-refractivity contribution in [2.24, 2.45) is 0 Å². The van der Waals surface area contributed by atoms with Gasteiger partial charge in [0.05, 0.1) is 0 Å². The zero-order valence-electron chi connectivity index (χ0n) is 11.9. The Labute approximate surface area is 114 Å². The first kappa shape index (κ1) is 13.5. The number of aromatic nitrogens is 1. The van der Waals surface area contributed by atoms with Gasteiger partial charge in [0.1, 0.15) is 0 Å². The molecular weight excluding hydrogens is 234 g/mol. The van der Waals surface area contributed by atoms with E-state index in [0.29, 0.717) is 0 Å². The minimum absolute atomic E-state index is 0.136. The van der Waals surface area contributed by atoms with Crippen molar-refractivity contribution in [1.82, 2.24) is 4.98 Å². The standard InChI is InChI=1S/C17H19NO/c1-11-9-12(2)16(13(3)10-11)17(19)14(4)15-5-7-18-8-6-15/h5-10,14H,1-4H3. The Bertz CT molecular complexity index is 579. The highest BCUT2D eigenvalue weighted by Crippen LogP contribution is 2.25. The molecule has 0 saturated carbocycles. The number of aryl methyl sites for hydroxylation is 3. The summed E-state index contributed by atoms with van der Waals surface area (Å²) in [5, 5.41) is 0. The number of benzene rings is 1. The Kier molecular flexibility index (Phi) is 3.79. The summed E-state index contributed by atoms with van der Waals surface area (Å²) in [5.41, 5.74) is 5.18. The Morgan fingerprint density at radius 1 is 1.05 bits per heavy atom. The topological polar surface area (TPSA) is 30.0 Å². The SMILES string of the molecule is Cc1cc(C)c(C(=O)C(C)c2ccncc2)c(C)c1. The minimum Gasteiger partial charge on any atom is -0.293 e. The largest absolute Gasteiger partial charge is 0.293 e. The molecule has 2 nitrogen and oxygen atoms in total. The van der Waals surface area contributed by atoms with Gasteiger partial charge in [-0.1, -0.05) is 24.6 Å². The molecule has 0 spiro atoms. The van der Waals surface area contributed by atoms with Crippen LogP contribution < -0.4 is 0 Å². The van der Waals surface area contributed by atoms with E-state index >= 15 is 0 Å². The predicted octanol–water partition coefficient (Wildman–Crippen LogP) is 3.99. The fraction of sp³-hybridized carbons (Fsp3) is 0.294. The predicted molar refractivity (Wildman–Crippen MR) is 77.6 cm³/mol. The zero-order valence-corrected chi connectivity index (χ0v) is 11.9. The normalized spacial score (nSPS) is 12.2. The van der Waals surface area contributed by atoms with E-state index in [1.807, 2.05) is 32.9 Å². The van der Waals surface area contributed by atoms with Crippen LogP contribution in [-0.2, 0) is 0 Å². The molecule has 2 aromatic rings. The van der Waals surface area contributed by atoms with E-state index < -0.39 is 0 Å². The summed E-state index contributed by atoms with van der Waals surface area (Å²) >= 11 is 0. The summed E-state index contributed by atoms with van der Waals surface area (Å²) in [6.07, 6.45) is 3.46. The lowest BCUT2D eigenvalue weighted by atomic mass is 9.87. The lowest BCUT2D eigenvalue weighted by Crippen LogP contribution is -2.13. The van der Waals surface area contributed by atoms with Crippen LogP contribution in [0.25, 0.3) is 0 Å². The summed E-state index contributed by atoms with van der Waals surface area (Å²) in [4.78, 5) is 16.7. The van der Waals surface area contributed by atoms with Gasteiger partial charge in [0.25, 0.3) is 0 Å². The first-order valence-corrected chi connectivity index (χ1v) is 6.52. The molecule has 0 amide bonds. The van der Waals surface area contributed by atoms with Crippen LogP contribution in [0.1, 0.15) is 45.5 Å². The molecule has 0 aliphatic heterocycles. The fourth-order valence-electron chi connectivity index (χ4n) is 2.59. The van der Waals surface area contributed by atoms with E-state index in [4.69, 9.17) is 0 Å². The molecule has 1 unspecified atom stereocenters. The Hall–Kier alpha value is -1.96. The molecule has 0 radical (unpaired) electrons. The minimum atomic E-state index is -0.136. The van der Waals surface area contributed by atoms with E-state index in [1.165, 1.54) is 5.56 Å². The number of rotatable bonds is 3. The fourth-order valence-corrected chi connectivity index (χ4v) is 2.59. The van der Waals surface area contributed by atoms with Gasteiger partial charge in [-0.05, 0) is 49.6 Å². The first-order chi connectivity index (χ1) is 9.00. The number of carbonyl (C=O) groups excluding carboxylic acids is 1. The number of hydrogen-bond donors (Lipinski definition) is 0. The molecule has 1 heterocycles. The second-order valence-electron chi connectivity index (χ2n) is 5.14. The maximum atomic E-state index is 12.7.